The molecule has 2 N–H and O–H groups in total. The summed E-state index contributed by atoms with van der Waals surface area (Å²) in [6.07, 6.45) is 76.1. The first-order valence-corrected chi connectivity index (χ1v) is 48.4. The quantitative estimate of drug-likeness (QED) is 0.0186. The van der Waals surface area contributed by atoms with Crippen molar-refractivity contribution in [1.29, 1.82) is 0 Å². The molecule has 0 spiro atoms. The second kappa shape index (κ2) is 72.6. The van der Waals surface area contributed by atoms with Crippen LogP contribution in [-0.2, 0) is 0 Å². The Kier molecular flexibility index (Phi) is 63.8. The Hall–Kier alpha value is -6.44. The average Bonchev–Trinajstić information content (AvgIpc) is 0.814. The van der Waals surface area contributed by atoms with E-state index in [9.17, 15) is 19.8 Å². The molecular formula is C102H168N2O12. The van der Waals surface area contributed by atoms with Gasteiger partial charge in [-0.3, -0.25) is 9.98 Å². The fourth-order valence-electron chi connectivity index (χ4n) is 14.9. The molecule has 0 atom stereocenters. The molecule has 0 aliphatic rings. The smallest absolute Gasteiger partial charge is 0.343 e. The van der Waals surface area contributed by atoms with Gasteiger partial charge < -0.3 is 48.1 Å². The predicted octanol–water partition coefficient (Wildman–Crippen LogP) is 30.9. The summed E-state index contributed by atoms with van der Waals surface area (Å²) in [5.74, 6) is 2.19. The van der Waals surface area contributed by atoms with Crippen LogP contribution in [0.2, 0.25) is 0 Å². The van der Waals surface area contributed by atoms with Crippen molar-refractivity contribution in [2.24, 2.45) is 9.98 Å². The minimum atomic E-state index is -0.597. The maximum absolute atomic E-state index is 14.4. The molecular weight excluding hydrogens is 1450 g/mol. The highest BCUT2D eigenvalue weighted by molar-refractivity contribution is 5.94. The number of esters is 2. The number of hydrogen-bond acceptors (Lipinski definition) is 14. The van der Waals surface area contributed by atoms with Crippen molar-refractivity contribution in [3.8, 4) is 57.5 Å². The summed E-state index contributed by atoms with van der Waals surface area (Å²) < 4.78 is 51.8. The van der Waals surface area contributed by atoms with Crippen molar-refractivity contribution >= 4 is 24.4 Å². The molecule has 0 bridgehead atoms. The summed E-state index contributed by atoms with van der Waals surface area (Å²) in [5.41, 5.74) is 1.26. The Morgan fingerprint density at radius 1 is 0.259 bits per heavy atom. The Labute approximate surface area is 708 Å². The Morgan fingerprint density at radius 3 is 0.655 bits per heavy atom. The lowest BCUT2D eigenvalue weighted by atomic mass is 10.1. The molecule has 0 saturated carbocycles. The van der Waals surface area contributed by atoms with Crippen LogP contribution in [0.1, 0.15) is 459 Å². The van der Waals surface area contributed by atoms with Gasteiger partial charge in [-0.1, -0.05) is 388 Å². The van der Waals surface area contributed by atoms with Crippen LogP contribution in [0.15, 0.2) is 70.6 Å². The van der Waals surface area contributed by atoms with Crippen LogP contribution in [-0.4, -0.2) is 87.3 Å². The molecule has 0 radical (unpaired) electrons. The van der Waals surface area contributed by atoms with Gasteiger partial charge >= 0.3 is 11.9 Å². The average molecular weight is 1610 g/mol. The molecule has 116 heavy (non-hydrogen) atoms. The molecule has 0 aliphatic carbocycles. The van der Waals surface area contributed by atoms with E-state index < -0.39 is 11.9 Å². The Balaban J connectivity index is 1.49. The zero-order valence-electron chi connectivity index (χ0n) is 74.9. The van der Waals surface area contributed by atoms with E-state index in [0.717, 1.165) is 103 Å². The molecule has 0 fully saturated rings. The van der Waals surface area contributed by atoms with E-state index in [4.69, 9.17) is 37.9 Å². The van der Waals surface area contributed by atoms with Gasteiger partial charge in [0.05, 0.1) is 63.9 Å². The molecule has 14 nitrogen and oxygen atoms in total. The summed E-state index contributed by atoms with van der Waals surface area (Å²) in [7, 11) is 0. The SMILES string of the molecule is CCCCCCCCCCCCOc1cc(C(=O)Oc2ccc(O)c(C=NCCN=Cc3cc(OC(=O)c4cc(OCCCCCCCCCCCC)c(OCCCCCCCCCCCC)c(OCCCCCCCCCCCC)c4)ccc3O)c2)cc(OCCCCCCCCCCCC)c1OCCCCCCCCCCCC. The van der Waals surface area contributed by atoms with Crippen LogP contribution in [0.3, 0.4) is 0 Å². The minimum absolute atomic E-state index is 0.0346. The van der Waals surface area contributed by atoms with Gasteiger partial charge in [-0.2, -0.15) is 0 Å². The zero-order valence-corrected chi connectivity index (χ0v) is 74.9. The van der Waals surface area contributed by atoms with Gasteiger partial charge in [0.25, 0.3) is 0 Å². The standard InChI is InChI=1S/C102H168N2O12/c1-7-13-19-25-31-37-43-49-55-61-73-109-95-81-87(82-96(110-74-62-56-50-44-38-32-26-20-14-8-2)99(95)113-77-65-59-53-47-41-35-29-23-17-11-5)101(107)115-91-67-69-93(105)89(79-91)85-103-71-72-104-86-90-80-92(68-70-94(90)106)116-102(108)88-83-97(111-75-63-57-51-45-39-33-27-21-15-9-3)100(114-78-66-60-54-48-42-36-30-24-18-12-6)98(84-88)112-76-64-58-52-46-40-34-28-22-16-10-4/h67-70,79-86,105-106H,7-66,71-78H2,1-6H3. The second-order valence-corrected chi connectivity index (χ2v) is 33.1. The zero-order chi connectivity index (χ0) is 82.9. The van der Waals surface area contributed by atoms with Gasteiger partial charge in [-0.05, 0) is 99.2 Å². The molecule has 0 heterocycles. The first-order valence-electron chi connectivity index (χ1n) is 48.4. The van der Waals surface area contributed by atoms with Crippen LogP contribution >= 0.6 is 0 Å². The maximum atomic E-state index is 14.4. The molecule has 0 unspecified atom stereocenters. The first kappa shape index (κ1) is 102. The molecule has 4 aromatic rings. The number of benzene rings is 4. The number of aliphatic imine (C=N–C) groups is 2. The van der Waals surface area contributed by atoms with E-state index in [0.29, 0.717) is 85.3 Å². The Bertz CT molecular complexity index is 2790. The van der Waals surface area contributed by atoms with Crippen molar-refractivity contribution in [3.05, 3.63) is 82.9 Å². The number of unbranched alkanes of at least 4 members (excludes halogenated alkanes) is 54. The third-order valence-electron chi connectivity index (χ3n) is 22.3. The third kappa shape index (κ3) is 51.1. The van der Waals surface area contributed by atoms with Crippen molar-refractivity contribution in [3.63, 3.8) is 0 Å². The van der Waals surface area contributed by atoms with E-state index in [1.807, 2.05) is 0 Å². The maximum Gasteiger partial charge on any atom is 0.343 e. The minimum Gasteiger partial charge on any atom is -0.507 e. The van der Waals surface area contributed by atoms with Crippen LogP contribution in [0.4, 0.5) is 0 Å². The fraction of sp³-hybridized carbons (Fsp3) is 0.725. The molecule has 14 heteroatoms. The largest absolute Gasteiger partial charge is 0.507 e. The third-order valence-corrected chi connectivity index (χ3v) is 22.3. The number of hydrogen-bond donors (Lipinski definition) is 2. The van der Waals surface area contributed by atoms with Gasteiger partial charge in [-0.15, -0.1) is 0 Å². The van der Waals surface area contributed by atoms with Gasteiger partial charge in [0.15, 0.2) is 23.0 Å². The summed E-state index contributed by atoms with van der Waals surface area (Å²) in [6.45, 7) is 17.0. The number of rotatable bonds is 81. The molecule has 658 valence electrons. The fourth-order valence-corrected chi connectivity index (χ4v) is 14.9. The number of phenolic OH excluding ortho intramolecular Hbond substituents is 2. The van der Waals surface area contributed by atoms with Crippen molar-refractivity contribution < 1.29 is 57.7 Å². The van der Waals surface area contributed by atoms with Gasteiger partial charge in [0.2, 0.25) is 11.5 Å². The monoisotopic (exact) mass is 1610 g/mol. The lowest BCUT2D eigenvalue weighted by Gasteiger charge is -2.19. The van der Waals surface area contributed by atoms with E-state index >= 15 is 0 Å². The molecule has 0 aliphatic heterocycles. The Morgan fingerprint density at radius 2 is 0.448 bits per heavy atom. The number of carbonyl (C=O) groups is 2. The number of carbonyl (C=O) groups excluding carboxylic acids is 2. The first-order chi connectivity index (χ1) is 57.1. The van der Waals surface area contributed by atoms with E-state index in [1.54, 1.807) is 48.5 Å². The lowest BCUT2D eigenvalue weighted by Crippen LogP contribution is -2.12. The molecule has 0 saturated heterocycles. The van der Waals surface area contributed by atoms with Crippen molar-refractivity contribution in [2.45, 2.75) is 427 Å². The van der Waals surface area contributed by atoms with Crippen LogP contribution in [0.5, 0.6) is 57.5 Å². The van der Waals surface area contributed by atoms with Crippen molar-refractivity contribution in [1.82, 2.24) is 0 Å². The van der Waals surface area contributed by atoms with Gasteiger partial charge in [0.1, 0.15) is 23.0 Å². The van der Waals surface area contributed by atoms with E-state index in [1.165, 1.54) is 307 Å². The number of phenols is 2. The van der Waals surface area contributed by atoms with Crippen LogP contribution in [0, 0.1) is 0 Å². The molecule has 0 aromatic heterocycles. The summed E-state index contributed by atoms with van der Waals surface area (Å²) in [6, 6.07) is 16.2. The highest BCUT2D eigenvalue weighted by Gasteiger charge is 2.24. The predicted molar refractivity (Wildman–Crippen MR) is 488 cm³/mol. The van der Waals surface area contributed by atoms with Gasteiger partial charge in [-0.25, -0.2) is 9.59 Å². The lowest BCUT2D eigenvalue weighted by molar-refractivity contribution is 0.0724. The molecule has 0 amide bonds. The van der Waals surface area contributed by atoms with Crippen LogP contribution < -0.4 is 37.9 Å². The second-order valence-electron chi connectivity index (χ2n) is 33.1. The van der Waals surface area contributed by atoms with Gasteiger partial charge in [0, 0.05) is 23.6 Å². The normalized spacial score (nSPS) is 11.5. The van der Waals surface area contributed by atoms with Crippen molar-refractivity contribution in [2.75, 3.05) is 52.7 Å². The highest BCUT2D eigenvalue weighted by Crippen LogP contribution is 2.42. The van der Waals surface area contributed by atoms with E-state index in [-0.39, 0.29) is 47.2 Å². The number of ether oxygens (including phenoxy) is 8. The number of nitrogens with zero attached hydrogens (tertiary/aromatic N) is 2. The van der Waals surface area contributed by atoms with E-state index in [2.05, 4.69) is 51.5 Å². The topological polar surface area (TPSA) is 173 Å². The molecule has 4 aromatic carbocycles. The summed E-state index contributed by atoms with van der Waals surface area (Å²) in [4.78, 5) is 37.9. The highest BCUT2D eigenvalue weighted by atomic mass is 16.6. The summed E-state index contributed by atoms with van der Waals surface area (Å²) >= 11 is 0. The summed E-state index contributed by atoms with van der Waals surface area (Å²) in [5, 5.41) is 22.1. The molecule has 4 rings (SSSR count). The number of aromatic hydroxyl groups is 2. The van der Waals surface area contributed by atoms with Crippen LogP contribution in [0.25, 0.3) is 0 Å².